The summed E-state index contributed by atoms with van der Waals surface area (Å²) in [5, 5.41) is 7.56. The van der Waals surface area contributed by atoms with E-state index >= 15 is 0 Å². The van der Waals surface area contributed by atoms with Crippen LogP contribution in [0.1, 0.15) is 65.8 Å². The van der Waals surface area contributed by atoms with Gasteiger partial charge < -0.3 is 19.8 Å². The van der Waals surface area contributed by atoms with E-state index in [1.165, 1.54) is 11.3 Å². The maximum Gasteiger partial charge on any atom is 0.350 e. The third-order valence-corrected chi connectivity index (χ3v) is 5.34. The maximum absolute atomic E-state index is 12.0. The lowest BCUT2D eigenvalue weighted by Gasteiger charge is -2.16. The molecular weight excluding hydrogens is 503 g/mol. The molecule has 0 saturated carbocycles. The molecule has 29 heavy (non-hydrogen) atoms. The fraction of sp³-hybridized carbons (Fsp3) is 0.550. The second kappa shape index (κ2) is 13.6. The summed E-state index contributed by atoms with van der Waals surface area (Å²) >= 11 is 1.36. The number of carbonyl (C=O) groups is 1. The Hall–Kier alpha value is -1.62. The number of ether oxygens (including phenoxy) is 1. The molecular formula is C20H31IN4O3S. The number of guanidine groups is 1. The molecule has 0 aliphatic rings. The molecule has 2 heterocycles. The van der Waals surface area contributed by atoms with Crippen LogP contribution in [0.4, 0.5) is 0 Å². The quantitative estimate of drug-likeness (QED) is 0.154. The van der Waals surface area contributed by atoms with E-state index in [1.807, 2.05) is 26.0 Å². The number of nitrogens with one attached hydrogen (secondary N) is 2. The Morgan fingerprint density at radius 3 is 2.86 bits per heavy atom. The van der Waals surface area contributed by atoms with E-state index in [2.05, 4.69) is 27.5 Å². The lowest BCUT2D eigenvalue weighted by Crippen LogP contribution is -2.39. The first-order chi connectivity index (χ1) is 13.5. The predicted molar refractivity (Wildman–Crippen MR) is 127 cm³/mol. The second-order valence-corrected chi connectivity index (χ2v) is 7.42. The van der Waals surface area contributed by atoms with Crippen LogP contribution in [0.15, 0.2) is 27.8 Å². The zero-order chi connectivity index (χ0) is 20.4. The Kier molecular flexibility index (Phi) is 11.9. The van der Waals surface area contributed by atoms with Crippen LogP contribution >= 0.6 is 35.3 Å². The summed E-state index contributed by atoms with van der Waals surface area (Å²) < 4.78 is 10.5. The Bertz CT molecular complexity index is 762. The first-order valence-corrected chi connectivity index (χ1v) is 10.6. The van der Waals surface area contributed by atoms with Crippen molar-refractivity contribution in [1.82, 2.24) is 15.6 Å². The molecule has 2 aromatic rings. The van der Waals surface area contributed by atoms with Gasteiger partial charge in [0.2, 0.25) is 0 Å². The molecule has 0 aliphatic heterocycles. The van der Waals surface area contributed by atoms with Gasteiger partial charge >= 0.3 is 5.97 Å². The number of aromatic nitrogens is 1. The number of furan rings is 1. The fourth-order valence-corrected chi connectivity index (χ4v) is 3.48. The van der Waals surface area contributed by atoms with Crippen LogP contribution in [0.3, 0.4) is 0 Å². The minimum atomic E-state index is -0.315. The third-order valence-electron chi connectivity index (χ3n) is 4.02. The van der Waals surface area contributed by atoms with Crippen LogP contribution in [0.5, 0.6) is 0 Å². The molecule has 0 aliphatic carbocycles. The molecule has 162 valence electrons. The average molecular weight is 534 g/mol. The molecule has 0 saturated heterocycles. The van der Waals surface area contributed by atoms with Crippen LogP contribution < -0.4 is 10.6 Å². The average Bonchev–Trinajstić information content (AvgIpc) is 3.31. The minimum absolute atomic E-state index is 0. The standard InChI is InChI=1S/C20H30N4O3S.HI/c1-5-7-11-21-20(22-12-10-16-9-8-13-27-16)24-15(4)18-23-14(3)17(28-18)19(25)26-6-2;/h8-9,13,15H,5-7,10-12H2,1-4H3,(H2,21,22,24);1H. The molecule has 0 bridgehead atoms. The lowest BCUT2D eigenvalue weighted by molar-refractivity contribution is 0.0531. The molecule has 2 aromatic heterocycles. The Morgan fingerprint density at radius 2 is 2.21 bits per heavy atom. The molecule has 2 N–H and O–H groups in total. The van der Waals surface area contributed by atoms with Gasteiger partial charge in [0.15, 0.2) is 5.96 Å². The van der Waals surface area contributed by atoms with E-state index < -0.39 is 0 Å². The first kappa shape index (κ1) is 25.4. The molecule has 9 heteroatoms. The molecule has 0 amide bonds. The first-order valence-electron chi connectivity index (χ1n) is 9.76. The van der Waals surface area contributed by atoms with E-state index in [0.29, 0.717) is 23.7 Å². The number of nitrogens with zero attached hydrogens (tertiary/aromatic N) is 2. The van der Waals surface area contributed by atoms with Crippen molar-refractivity contribution in [3.8, 4) is 0 Å². The van der Waals surface area contributed by atoms with Crippen LogP contribution in [0.2, 0.25) is 0 Å². The van der Waals surface area contributed by atoms with E-state index in [-0.39, 0.29) is 36.0 Å². The van der Waals surface area contributed by atoms with Gasteiger partial charge in [-0.15, -0.1) is 35.3 Å². The van der Waals surface area contributed by atoms with Crippen LogP contribution in [0.25, 0.3) is 0 Å². The summed E-state index contributed by atoms with van der Waals surface area (Å²) in [6.07, 6.45) is 4.58. The Morgan fingerprint density at radius 1 is 1.41 bits per heavy atom. The molecule has 0 fully saturated rings. The smallest absolute Gasteiger partial charge is 0.350 e. The summed E-state index contributed by atoms with van der Waals surface area (Å²) in [6, 6.07) is 3.77. The van der Waals surface area contributed by atoms with Crippen molar-refractivity contribution in [3.63, 3.8) is 0 Å². The topological polar surface area (TPSA) is 88.8 Å². The summed E-state index contributed by atoms with van der Waals surface area (Å²) in [5.41, 5.74) is 0.697. The molecule has 0 aromatic carbocycles. The van der Waals surface area contributed by atoms with Crippen molar-refractivity contribution in [1.29, 1.82) is 0 Å². The fourth-order valence-electron chi connectivity index (χ4n) is 2.52. The van der Waals surface area contributed by atoms with Crippen molar-refractivity contribution in [2.75, 3.05) is 19.7 Å². The Labute approximate surface area is 193 Å². The molecule has 0 radical (unpaired) electrons. The van der Waals surface area contributed by atoms with Crippen molar-refractivity contribution in [3.05, 3.63) is 39.7 Å². The van der Waals surface area contributed by atoms with Crippen LogP contribution in [-0.2, 0) is 11.2 Å². The van der Waals surface area contributed by atoms with Crippen molar-refractivity contribution < 1.29 is 13.9 Å². The molecule has 0 spiro atoms. The van der Waals surface area contributed by atoms with Gasteiger partial charge in [-0.05, 0) is 39.3 Å². The number of aryl methyl sites for hydroxylation is 1. The highest BCUT2D eigenvalue weighted by Gasteiger charge is 2.20. The number of aliphatic imine (C=N–C) groups is 1. The maximum atomic E-state index is 12.0. The van der Waals surface area contributed by atoms with Gasteiger partial charge in [-0.1, -0.05) is 13.3 Å². The lowest BCUT2D eigenvalue weighted by atomic mass is 10.3. The van der Waals surface area contributed by atoms with Crippen LogP contribution in [0, 0.1) is 6.92 Å². The number of carbonyl (C=O) groups excluding carboxylic acids is 1. The van der Waals surface area contributed by atoms with Gasteiger partial charge in [0.05, 0.1) is 24.6 Å². The summed E-state index contributed by atoms with van der Waals surface area (Å²) in [4.78, 5) is 21.8. The number of unbranched alkanes of at least 4 members (excludes halogenated alkanes) is 1. The number of esters is 1. The largest absolute Gasteiger partial charge is 0.469 e. The van der Waals surface area contributed by atoms with Gasteiger partial charge in [0, 0.05) is 19.5 Å². The number of halogens is 1. The number of hydrogen-bond donors (Lipinski definition) is 2. The van der Waals surface area contributed by atoms with E-state index in [4.69, 9.17) is 9.15 Å². The molecule has 7 nitrogen and oxygen atoms in total. The normalized spacial score (nSPS) is 12.2. The minimum Gasteiger partial charge on any atom is -0.469 e. The summed E-state index contributed by atoms with van der Waals surface area (Å²) in [6.45, 7) is 9.60. The predicted octanol–water partition coefficient (Wildman–Crippen LogP) is 4.48. The summed E-state index contributed by atoms with van der Waals surface area (Å²) in [5.74, 6) is 1.35. The molecule has 1 unspecified atom stereocenters. The van der Waals surface area contributed by atoms with Gasteiger partial charge in [-0.3, -0.25) is 4.99 Å². The van der Waals surface area contributed by atoms with Gasteiger partial charge in [0.25, 0.3) is 0 Å². The van der Waals surface area contributed by atoms with Crippen molar-refractivity contribution in [2.45, 2.75) is 53.0 Å². The van der Waals surface area contributed by atoms with Gasteiger partial charge in [0.1, 0.15) is 15.6 Å². The van der Waals surface area contributed by atoms with Gasteiger partial charge in [-0.2, -0.15) is 0 Å². The third kappa shape index (κ3) is 8.33. The highest BCUT2D eigenvalue weighted by molar-refractivity contribution is 14.0. The summed E-state index contributed by atoms with van der Waals surface area (Å²) in [7, 11) is 0. The van der Waals surface area contributed by atoms with E-state index in [1.54, 1.807) is 13.2 Å². The van der Waals surface area contributed by atoms with E-state index in [9.17, 15) is 4.79 Å². The number of rotatable bonds is 10. The number of thiazole rings is 1. The Balaban J connectivity index is 0.00000420. The van der Waals surface area contributed by atoms with Crippen molar-refractivity contribution in [2.24, 2.45) is 4.99 Å². The second-order valence-electron chi connectivity index (χ2n) is 6.39. The van der Waals surface area contributed by atoms with Crippen LogP contribution in [-0.4, -0.2) is 36.6 Å². The SMILES string of the molecule is CCCCN=C(NCCc1ccco1)NC(C)c1nc(C)c(C(=O)OCC)s1.I. The highest BCUT2D eigenvalue weighted by Crippen LogP contribution is 2.24. The monoisotopic (exact) mass is 534 g/mol. The molecule has 2 rings (SSSR count). The highest BCUT2D eigenvalue weighted by atomic mass is 127. The van der Waals surface area contributed by atoms with Crippen molar-refractivity contribution >= 4 is 47.2 Å². The molecule has 1 atom stereocenters. The zero-order valence-corrected chi connectivity index (χ0v) is 20.6. The number of hydrogen-bond acceptors (Lipinski definition) is 6. The van der Waals surface area contributed by atoms with Gasteiger partial charge in [-0.25, -0.2) is 9.78 Å². The van der Waals surface area contributed by atoms with E-state index in [0.717, 1.165) is 42.5 Å². The zero-order valence-electron chi connectivity index (χ0n) is 17.5.